The Kier molecular flexibility index (Phi) is 3.24. The zero-order chi connectivity index (χ0) is 16.8. The summed E-state index contributed by atoms with van der Waals surface area (Å²) in [6.07, 6.45) is 7.17. The van der Waals surface area contributed by atoms with Crippen molar-refractivity contribution in [3.05, 3.63) is 0 Å². The van der Waals surface area contributed by atoms with Gasteiger partial charge in [-0.2, -0.15) is 0 Å². The second-order valence-corrected chi connectivity index (χ2v) is 10.5. The van der Waals surface area contributed by atoms with Crippen molar-refractivity contribution in [2.45, 2.75) is 92.0 Å². The minimum atomic E-state index is -0.654. The molecular weight excluding hydrogens is 284 g/mol. The molecule has 4 saturated carbocycles. The van der Waals surface area contributed by atoms with Crippen LogP contribution in [0.3, 0.4) is 0 Å². The predicted octanol–water partition coefficient (Wildman–Crippen LogP) is 5.00. The molecule has 0 heterocycles. The Bertz CT molecular complexity index is 512. The van der Waals surface area contributed by atoms with Crippen LogP contribution in [0.4, 0.5) is 0 Å². The summed E-state index contributed by atoms with van der Waals surface area (Å²) in [5.41, 5.74) is 0.756. The van der Waals surface area contributed by atoms with E-state index < -0.39 is 6.29 Å². The van der Waals surface area contributed by atoms with Crippen LogP contribution in [0, 0.1) is 39.9 Å². The summed E-state index contributed by atoms with van der Waals surface area (Å²) in [4.78, 5) is 0. The third-order valence-corrected chi connectivity index (χ3v) is 9.12. The van der Waals surface area contributed by atoms with Crippen molar-refractivity contribution in [2.24, 2.45) is 39.9 Å². The summed E-state index contributed by atoms with van der Waals surface area (Å²) >= 11 is 0. The van der Waals surface area contributed by atoms with E-state index in [0.29, 0.717) is 11.3 Å². The maximum absolute atomic E-state index is 11.0. The topological polar surface area (TPSA) is 29.5 Å². The quantitative estimate of drug-likeness (QED) is 0.669. The van der Waals surface area contributed by atoms with Crippen molar-refractivity contribution in [1.82, 2.24) is 0 Å². The largest absolute Gasteiger partial charge is 0.367 e. The zero-order valence-corrected chi connectivity index (χ0v) is 16.0. The fourth-order valence-electron chi connectivity index (χ4n) is 7.26. The van der Waals surface area contributed by atoms with Gasteiger partial charge in [-0.15, -0.1) is 0 Å². The van der Waals surface area contributed by atoms with Crippen LogP contribution < -0.4 is 0 Å². The highest BCUT2D eigenvalue weighted by atomic mass is 16.6. The Labute approximate surface area is 142 Å². The second-order valence-electron chi connectivity index (χ2n) is 10.5. The molecule has 1 N–H and O–H groups in total. The van der Waals surface area contributed by atoms with Crippen LogP contribution in [0.5, 0.6) is 0 Å². The summed E-state index contributed by atoms with van der Waals surface area (Å²) in [7, 11) is 0. The zero-order valence-electron chi connectivity index (χ0n) is 16.0. The van der Waals surface area contributed by atoms with Gasteiger partial charge in [0.1, 0.15) is 0 Å². The molecule has 0 radical (unpaired) electrons. The van der Waals surface area contributed by atoms with Crippen LogP contribution in [0.25, 0.3) is 0 Å². The molecule has 4 fully saturated rings. The lowest BCUT2D eigenvalue weighted by atomic mass is 9.38. The van der Waals surface area contributed by atoms with Gasteiger partial charge in [0.25, 0.3) is 0 Å². The predicted molar refractivity (Wildman–Crippen MR) is 92.8 cm³/mol. The van der Waals surface area contributed by atoms with Gasteiger partial charge < -0.3 is 9.84 Å². The molecule has 0 saturated heterocycles. The van der Waals surface area contributed by atoms with Crippen molar-refractivity contribution in [3.63, 3.8) is 0 Å². The van der Waals surface area contributed by atoms with Gasteiger partial charge >= 0.3 is 0 Å². The highest BCUT2D eigenvalue weighted by molar-refractivity contribution is 5.34. The number of aliphatic hydroxyl groups is 1. The average molecular weight is 321 g/mol. The molecular formula is C21H36O2. The maximum Gasteiger partial charge on any atom is 0.160 e. The summed E-state index contributed by atoms with van der Waals surface area (Å²) < 4.78 is 6.52. The molecule has 0 aliphatic heterocycles. The highest BCUT2D eigenvalue weighted by Crippen LogP contribution is 2.91. The molecule has 7 unspecified atom stereocenters. The van der Waals surface area contributed by atoms with E-state index in [1.54, 1.807) is 0 Å². The summed E-state index contributed by atoms with van der Waals surface area (Å²) in [5.74, 6) is 3.30. The number of hydrogen-bond donors (Lipinski definition) is 1. The molecule has 4 rings (SSSR count). The van der Waals surface area contributed by atoms with Gasteiger partial charge in [-0.05, 0) is 75.0 Å². The van der Waals surface area contributed by atoms with Crippen molar-refractivity contribution >= 4 is 0 Å². The minimum Gasteiger partial charge on any atom is -0.367 e. The molecule has 0 amide bonds. The van der Waals surface area contributed by atoms with Crippen LogP contribution in [-0.2, 0) is 4.74 Å². The van der Waals surface area contributed by atoms with Crippen LogP contribution >= 0.6 is 0 Å². The van der Waals surface area contributed by atoms with Gasteiger partial charge in [0.15, 0.2) is 6.29 Å². The Morgan fingerprint density at radius 2 is 1.83 bits per heavy atom. The lowest BCUT2D eigenvalue weighted by Crippen LogP contribution is -2.66. The van der Waals surface area contributed by atoms with E-state index in [0.717, 1.165) is 36.0 Å². The van der Waals surface area contributed by atoms with E-state index in [1.807, 2.05) is 0 Å². The molecule has 0 bridgehead atoms. The number of rotatable bonds is 7. The second kappa shape index (κ2) is 4.55. The van der Waals surface area contributed by atoms with E-state index in [-0.39, 0.29) is 11.0 Å². The monoisotopic (exact) mass is 320 g/mol. The molecule has 7 atom stereocenters. The summed E-state index contributed by atoms with van der Waals surface area (Å²) in [6.45, 7) is 13.4. The highest BCUT2D eigenvalue weighted by Gasteiger charge is 2.86. The normalized spacial score (nSPS) is 47.2. The first-order chi connectivity index (χ1) is 10.6. The Balaban J connectivity index is 1.52. The lowest BCUT2D eigenvalue weighted by Gasteiger charge is -2.69. The molecule has 4 aliphatic rings. The molecule has 23 heavy (non-hydrogen) atoms. The first-order valence-electron chi connectivity index (χ1n) is 9.99. The minimum absolute atomic E-state index is 0.148. The lowest BCUT2D eigenvalue weighted by molar-refractivity contribution is -0.313. The van der Waals surface area contributed by atoms with Gasteiger partial charge in [-0.1, -0.05) is 34.1 Å². The van der Waals surface area contributed by atoms with Crippen molar-refractivity contribution in [1.29, 1.82) is 0 Å². The number of hydrogen-bond acceptors (Lipinski definition) is 2. The third-order valence-electron chi connectivity index (χ3n) is 9.12. The molecule has 0 aromatic carbocycles. The Morgan fingerprint density at radius 1 is 1.13 bits per heavy atom. The summed E-state index contributed by atoms with van der Waals surface area (Å²) in [6, 6.07) is 0. The van der Waals surface area contributed by atoms with Crippen LogP contribution in [0.15, 0.2) is 0 Å². The van der Waals surface area contributed by atoms with Crippen molar-refractivity contribution < 1.29 is 9.84 Å². The molecule has 0 aromatic rings. The molecule has 1 spiro atoms. The van der Waals surface area contributed by atoms with E-state index in [1.165, 1.54) is 25.7 Å². The number of aliphatic hydroxyl groups excluding tert-OH is 1. The van der Waals surface area contributed by atoms with E-state index in [4.69, 9.17) is 4.74 Å². The molecule has 2 nitrogen and oxygen atoms in total. The van der Waals surface area contributed by atoms with Crippen LogP contribution in [0.2, 0.25) is 0 Å². The third kappa shape index (κ3) is 1.78. The van der Waals surface area contributed by atoms with Crippen molar-refractivity contribution in [2.75, 3.05) is 0 Å². The van der Waals surface area contributed by atoms with Crippen LogP contribution in [-0.4, -0.2) is 17.0 Å². The fourth-order valence-corrected chi connectivity index (χ4v) is 7.26. The molecule has 2 heteroatoms. The van der Waals surface area contributed by atoms with Crippen molar-refractivity contribution in [3.8, 4) is 0 Å². The average Bonchev–Trinajstić information content (AvgIpc) is 3.07. The Hall–Kier alpha value is -0.0800. The standard InChI is InChI=1S/C21H36O2/c1-7-8-19(6,13(2)3)17(22)23-18(4,5)21-10-14-9-20(16(14)21)11-15(20)12-21/h13-17,22H,7-12H2,1-6H3. The molecule has 132 valence electrons. The van der Waals surface area contributed by atoms with Gasteiger partial charge in [-0.3, -0.25) is 0 Å². The Morgan fingerprint density at radius 3 is 2.39 bits per heavy atom. The maximum atomic E-state index is 11.0. The SMILES string of the molecule is CCCC(C)(C(C)C)C(O)OC(C)(C)C12CC3CC4(CC4C1)C32. The van der Waals surface area contributed by atoms with Gasteiger partial charge in [0, 0.05) is 10.8 Å². The van der Waals surface area contributed by atoms with E-state index >= 15 is 0 Å². The number of ether oxygens (including phenoxy) is 1. The van der Waals surface area contributed by atoms with Gasteiger partial charge in [0.05, 0.1) is 5.60 Å². The first-order valence-corrected chi connectivity index (χ1v) is 9.99. The van der Waals surface area contributed by atoms with Crippen LogP contribution in [0.1, 0.15) is 80.1 Å². The molecule has 0 aromatic heterocycles. The smallest absolute Gasteiger partial charge is 0.160 e. The summed E-state index contributed by atoms with van der Waals surface area (Å²) in [5, 5.41) is 11.0. The van der Waals surface area contributed by atoms with E-state index in [9.17, 15) is 5.11 Å². The van der Waals surface area contributed by atoms with Gasteiger partial charge in [0.2, 0.25) is 0 Å². The first kappa shape index (κ1) is 16.4. The fraction of sp³-hybridized carbons (Fsp3) is 1.00. The van der Waals surface area contributed by atoms with E-state index in [2.05, 4.69) is 41.5 Å². The molecule has 4 aliphatic carbocycles. The van der Waals surface area contributed by atoms with Gasteiger partial charge in [-0.25, -0.2) is 0 Å².